The molecule has 0 aromatic carbocycles. The third kappa shape index (κ3) is 2.25. The van der Waals surface area contributed by atoms with Crippen LogP contribution in [-0.2, 0) is 10.2 Å². The van der Waals surface area contributed by atoms with E-state index in [0.717, 1.165) is 32.1 Å². The summed E-state index contributed by atoms with van der Waals surface area (Å²) < 4.78 is 27.9. The van der Waals surface area contributed by atoms with Gasteiger partial charge in [-0.25, -0.2) is 0 Å². The molecule has 0 spiro atoms. The van der Waals surface area contributed by atoms with Gasteiger partial charge in [0.2, 0.25) is 0 Å². The van der Waals surface area contributed by atoms with Crippen LogP contribution < -0.4 is 5.73 Å². The van der Waals surface area contributed by atoms with Crippen molar-refractivity contribution in [2.75, 3.05) is 26.2 Å². The second-order valence-corrected chi connectivity index (χ2v) is 6.49. The van der Waals surface area contributed by atoms with Crippen molar-refractivity contribution in [2.24, 2.45) is 5.73 Å². The molecule has 2 aliphatic rings. The largest absolute Gasteiger partial charge is 0.329 e. The Hall–Kier alpha value is -0.170. The van der Waals surface area contributed by atoms with Crippen LogP contribution in [0.25, 0.3) is 0 Å². The molecule has 0 bridgehead atoms. The van der Waals surface area contributed by atoms with Gasteiger partial charge in [0.1, 0.15) is 0 Å². The van der Waals surface area contributed by atoms with E-state index in [4.69, 9.17) is 5.73 Å². The Morgan fingerprint density at radius 3 is 2.38 bits per heavy atom. The predicted molar refractivity (Wildman–Crippen MR) is 63.1 cm³/mol. The molecule has 2 heterocycles. The highest BCUT2D eigenvalue weighted by atomic mass is 32.2. The fourth-order valence-corrected chi connectivity index (χ4v) is 4.54. The van der Waals surface area contributed by atoms with Gasteiger partial charge in [-0.2, -0.15) is 17.0 Å². The van der Waals surface area contributed by atoms with Crippen LogP contribution in [0.5, 0.6) is 0 Å². The molecular formula is C10H21N3O2S. The van der Waals surface area contributed by atoms with Crippen molar-refractivity contribution in [3.8, 4) is 0 Å². The Bertz CT molecular complexity index is 325. The molecule has 0 saturated carbocycles. The number of piperidine rings is 1. The van der Waals surface area contributed by atoms with Crippen molar-refractivity contribution in [1.29, 1.82) is 0 Å². The third-order valence-electron chi connectivity index (χ3n) is 3.53. The lowest BCUT2D eigenvalue weighted by atomic mass is 10.2. The molecule has 2 fully saturated rings. The van der Waals surface area contributed by atoms with Crippen molar-refractivity contribution < 1.29 is 8.42 Å². The molecule has 0 aromatic heterocycles. The van der Waals surface area contributed by atoms with Gasteiger partial charge in [-0.15, -0.1) is 0 Å². The van der Waals surface area contributed by atoms with Crippen LogP contribution in [0.1, 0.15) is 32.1 Å². The number of hydrogen-bond donors (Lipinski definition) is 1. The number of rotatable bonds is 3. The Labute approximate surface area is 97.8 Å². The summed E-state index contributed by atoms with van der Waals surface area (Å²) in [6, 6.07) is 0.0203. The van der Waals surface area contributed by atoms with Gasteiger partial charge in [0, 0.05) is 32.2 Å². The van der Waals surface area contributed by atoms with Gasteiger partial charge in [0.25, 0.3) is 10.2 Å². The van der Waals surface area contributed by atoms with E-state index in [1.54, 1.807) is 8.61 Å². The van der Waals surface area contributed by atoms with Crippen molar-refractivity contribution in [2.45, 2.75) is 38.1 Å². The molecule has 0 aromatic rings. The monoisotopic (exact) mass is 247 g/mol. The quantitative estimate of drug-likeness (QED) is 0.771. The lowest BCUT2D eigenvalue weighted by Gasteiger charge is -2.32. The van der Waals surface area contributed by atoms with E-state index in [1.165, 1.54) is 0 Å². The average Bonchev–Trinajstić information content (AvgIpc) is 2.79. The van der Waals surface area contributed by atoms with E-state index >= 15 is 0 Å². The first kappa shape index (κ1) is 12.3. The first-order chi connectivity index (χ1) is 7.66. The maximum Gasteiger partial charge on any atom is 0.282 e. The lowest BCUT2D eigenvalue weighted by Crippen LogP contribution is -2.49. The van der Waals surface area contributed by atoms with Gasteiger partial charge in [-0.1, -0.05) is 6.42 Å². The molecule has 0 radical (unpaired) electrons. The molecule has 6 heteroatoms. The van der Waals surface area contributed by atoms with Crippen molar-refractivity contribution >= 4 is 10.2 Å². The molecule has 0 amide bonds. The first-order valence-corrected chi connectivity index (χ1v) is 7.53. The molecule has 94 valence electrons. The normalized spacial score (nSPS) is 29.7. The Morgan fingerprint density at radius 1 is 1.06 bits per heavy atom. The molecular weight excluding hydrogens is 226 g/mol. The van der Waals surface area contributed by atoms with Gasteiger partial charge in [0.15, 0.2) is 0 Å². The maximum absolute atomic E-state index is 12.4. The molecule has 2 rings (SSSR count). The number of nitrogens with zero attached hydrogens (tertiary/aromatic N) is 2. The second kappa shape index (κ2) is 5.00. The summed E-state index contributed by atoms with van der Waals surface area (Å²) in [6.45, 7) is 2.43. The van der Waals surface area contributed by atoms with Crippen molar-refractivity contribution in [1.82, 2.24) is 8.61 Å². The summed E-state index contributed by atoms with van der Waals surface area (Å²) in [6.07, 6.45) is 4.96. The van der Waals surface area contributed by atoms with E-state index in [0.29, 0.717) is 26.2 Å². The van der Waals surface area contributed by atoms with Gasteiger partial charge >= 0.3 is 0 Å². The fraction of sp³-hybridized carbons (Fsp3) is 1.00. The highest BCUT2D eigenvalue weighted by Crippen LogP contribution is 2.24. The van der Waals surface area contributed by atoms with Crippen LogP contribution in [-0.4, -0.2) is 49.2 Å². The Kier molecular flexibility index (Phi) is 3.84. The summed E-state index contributed by atoms with van der Waals surface area (Å²) in [5.41, 5.74) is 5.63. The van der Waals surface area contributed by atoms with Gasteiger partial charge in [0.05, 0.1) is 0 Å². The third-order valence-corrected chi connectivity index (χ3v) is 5.62. The van der Waals surface area contributed by atoms with Crippen molar-refractivity contribution in [3.05, 3.63) is 0 Å². The molecule has 2 aliphatic heterocycles. The standard InChI is InChI=1S/C10H21N3O2S/c11-9-10-5-4-8-13(10)16(14,15)12-6-2-1-3-7-12/h10H,1-9,11H2. The molecule has 2 N–H and O–H groups in total. The van der Waals surface area contributed by atoms with Crippen LogP contribution in [0.3, 0.4) is 0 Å². The molecule has 16 heavy (non-hydrogen) atoms. The van der Waals surface area contributed by atoms with E-state index in [9.17, 15) is 8.42 Å². The van der Waals surface area contributed by atoms with E-state index in [2.05, 4.69) is 0 Å². The molecule has 5 nitrogen and oxygen atoms in total. The van der Waals surface area contributed by atoms with Crippen molar-refractivity contribution in [3.63, 3.8) is 0 Å². The summed E-state index contributed by atoms with van der Waals surface area (Å²) in [5.74, 6) is 0. The zero-order chi connectivity index (χ0) is 11.6. The van der Waals surface area contributed by atoms with Crippen LogP contribution in [0.15, 0.2) is 0 Å². The SMILES string of the molecule is NCC1CCCN1S(=O)(=O)N1CCCCC1. The van der Waals surface area contributed by atoms with E-state index < -0.39 is 10.2 Å². The zero-order valence-corrected chi connectivity index (χ0v) is 10.5. The number of hydrogen-bond acceptors (Lipinski definition) is 3. The smallest absolute Gasteiger partial charge is 0.282 e. The summed E-state index contributed by atoms with van der Waals surface area (Å²) in [4.78, 5) is 0. The van der Waals surface area contributed by atoms with Crippen LogP contribution in [0, 0.1) is 0 Å². The van der Waals surface area contributed by atoms with E-state index in [1.807, 2.05) is 0 Å². The lowest BCUT2D eigenvalue weighted by molar-refractivity contribution is 0.296. The van der Waals surface area contributed by atoms with Crippen LogP contribution >= 0.6 is 0 Å². The van der Waals surface area contributed by atoms with E-state index in [-0.39, 0.29) is 6.04 Å². The minimum atomic E-state index is -3.24. The van der Waals surface area contributed by atoms with Gasteiger partial charge in [-0.3, -0.25) is 0 Å². The second-order valence-electron chi connectivity index (χ2n) is 4.61. The average molecular weight is 247 g/mol. The topological polar surface area (TPSA) is 66.6 Å². The molecule has 0 aliphatic carbocycles. The number of nitrogens with two attached hydrogens (primary N) is 1. The fourth-order valence-electron chi connectivity index (χ4n) is 2.59. The Morgan fingerprint density at radius 2 is 1.75 bits per heavy atom. The van der Waals surface area contributed by atoms with Gasteiger partial charge < -0.3 is 5.73 Å². The van der Waals surface area contributed by atoms with Crippen LogP contribution in [0.2, 0.25) is 0 Å². The summed E-state index contributed by atoms with van der Waals surface area (Å²) >= 11 is 0. The highest BCUT2D eigenvalue weighted by Gasteiger charge is 2.37. The highest BCUT2D eigenvalue weighted by molar-refractivity contribution is 7.86. The Balaban J connectivity index is 2.11. The first-order valence-electron chi connectivity index (χ1n) is 6.13. The van der Waals surface area contributed by atoms with Crippen LogP contribution in [0.4, 0.5) is 0 Å². The maximum atomic E-state index is 12.4. The molecule has 1 atom stereocenters. The molecule has 1 unspecified atom stereocenters. The predicted octanol–water partition coefficient (Wildman–Crippen LogP) is 0.140. The summed E-state index contributed by atoms with van der Waals surface area (Å²) in [5, 5.41) is 0. The van der Waals surface area contributed by atoms with Gasteiger partial charge in [-0.05, 0) is 25.7 Å². The zero-order valence-electron chi connectivity index (χ0n) is 9.64. The molecule has 2 saturated heterocycles. The minimum Gasteiger partial charge on any atom is -0.329 e. The summed E-state index contributed by atoms with van der Waals surface area (Å²) in [7, 11) is -3.24. The minimum absolute atomic E-state index is 0.0203.